The molecule has 0 saturated carbocycles. The number of benzene rings is 1. The summed E-state index contributed by atoms with van der Waals surface area (Å²) < 4.78 is 10.6. The van der Waals surface area contributed by atoms with Gasteiger partial charge in [0.15, 0.2) is 11.5 Å². The van der Waals surface area contributed by atoms with Crippen molar-refractivity contribution in [3.8, 4) is 22.5 Å². The Balaban J connectivity index is 2.20. The Morgan fingerprint density at radius 2 is 1.96 bits per heavy atom. The summed E-state index contributed by atoms with van der Waals surface area (Å²) in [6.07, 6.45) is 1.70. The molecular weight excluding hydrogens is 292 g/mol. The molecule has 2 heterocycles. The van der Waals surface area contributed by atoms with Gasteiger partial charge in [0.2, 0.25) is 0 Å². The number of rotatable bonds is 4. The molecule has 0 aliphatic carbocycles. The number of nitrogens with zero attached hydrogens (tertiary/aromatic N) is 2. The number of esters is 1. The highest BCUT2D eigenvalue weighted by Crippen LogP contribution is 2.35. The van der Waals surface area contributed by atoms with Gasteiger partial charge in [0, 0.05) is 17.5 Å². The highest BCUT2D eigenvalue weighted by molar-refractivity contribution is 5.99. The normalized spacial score (nSPS) is 10.5. The highest BCUT2D eigenvalue weighted by Gasteiger charge is 2.25. The Kier molecular flexibility index (Phi) is 4.19. The monoisotopic (exact) mass is 308 g/mol. The van der Waals surface area contributed by atoms with Crippen molar-refractivity contribution in [1.82, 2.24) is 10.1 Å². The van der Waals surface area contributed by atoms with Gasteiger partial charge in [-0.1, -0.05) is 35.5 Å². The number of pyridine rings is 1. The second kappa shape index (κ2) is 6.44. The summed E-state index contributed by atoms with van der Waals surface area (Å²) in [6.45, 7) is 3.93. The van der Waals surface area contributed by atoms with Gasteiger partial charge in [-0.3, -0.25) is 4.98 Å². The van der Waals surface area contributed by atoms with Crippen molar-refractivity contribution in [3.63, 3.8) is 0 Å². The topological polar surface area (TPSA) is 65.2 Å². The SMILES string of the molecule is CCOC(=O)c1noc(-c2ccccc2)c1-c1ccnc(C)c1. The molecule has 3 aromatic rings. The molecule has 5 heteroatoms. The zero-order valence-corrected chi connectivity index (χ0v) is 12.9. The molecule has 0 N–H and O–H groups in total. The summed E-state index contributed by atoms with van der Waals surface area (Å²) in [6, 6.07) is 13.3. The minimum Gasteiger partial charge on any atom is -0.461 e. The Hall–Kier alpha value is -2.95. The summed E-state index contributed by atoms with van der Waals surface area (Å²) in [7, 11) is 0. The van der Waals surface area contributed by atoms with E-state index in [1.807, 2.05) is 49.4 Å². The fourth-order valence-electron chi connectivity index (χ4n) is 2.38. The van der Waals surface area contributed by atoms with Crippen LogP contribution in [0, 0.1) is 6.92 Å². The van der Waals surface area contributed by atoms with Gasteiger partial charge in [-0.05, 0) is 31.5 Å². The number of hydrogen-bond donors (Lipinski definition) is 0. The summed E-state index contributed by atoms with van der Waals surface area (Å²) in [5.41, 5.74) is 3.31. The van der Waals surface area contributed by atoms with E-state index in [1.165, 1.54) is 0 Å². The Morgan fingerprint density at radius 3 is 2.65 bits per heavy atom. The quantitative estimate of drug-likeness (QED) is 0.684. The zero-order chi connectivity index (χ0) is 16.2. The van der Waals surface area contributed by atoms with Gasteiger partial charge in [0.05, 0.1) is 12.2 Å². The largest absolute Gasteiger partial charge is 0.461 e. The minimum atomic E-state index is -0.497. The number of hydrogen-bond acceptors (Lipinski definition) is 5. The first-order chi connectivity index (χ1) is 11.2. The first-order valence-electron chi connectivity index (χ1n) is 7.36. The third-order valence-electron chi connectivity index (χ3n) is 3.38. The number of aromatic nitrogens is 2. The van der Waals surface area contributed by atoms with Gasteiger partial charge in [-0.15, -0.1) is 0 Å². The fraction of sp³-hybridized carbons (Fsp3) is 0.167. The molecule has 2 aromatic heterocycles. The lowest BCUT2D eigenvalue weighted by atomic mass is 10.00. The van der Waals surface area contributed by atoms with Crippen molar-refractivity contribution < 1.29 is 14.1 Å². The average Bonchev–Trinajstić information content (AvgIpc) is 3.01. The molecule has 0 saturated heterocycles. The van der Waals surface area contributed by atoms with Crippen LogP contribution in [0.3, 0.4) is 0 Å². The van der Waals surface area contributed by atoms with Crippen molar-refractivity contribution in [3.05, 3.63) is 60.0 Å². The van der Waals surface area contributed by atoms with Crippen LogP contribution in [0.1, 0.15) is 23.1 Å². The number of carbonyl (C=O) groups is 1. The molecule has 0 aliphatic heterocycles. The predicted molar refractivity (Wildman–Crippen MR) is 85.9 cm³/mol. The molecule has 0 aliphatic rings. The van der Waals surface area contributed by atoms with Crippen LogP contribution in [-0.2, 0) is 4.74 Å². The second-order valence-corrected chi connectivity index (χ2v) is 5.01. The third kappa shape index (κ3) is 2.99. The average molecular weight is 308 g/mol. The molecule has 0 atom stereocenters. The van der Waals surface area contributed by atoms with Crippen molar-refractivity contribution in [2.24, 2.45) is 0 Å². The second-order valence-electron chi connectivity index (χ2n) is 5.01. The van der Waals surface area contributed by atoms with Crippen LogP contribution >= 0.6 is 0 Å². The van der Waals surface area contributed by atoms with E-state index in [4.69, 9.17) is 9.26 Å². The van der Waals surface area contributed by atoms with E-state index in [9.17, 15) is 4.79 Å². The van der Waals surface area contributed by atoms with Gasteiger partial charge >= 0.3 is 5.97 Å². The van der Waals surface area contributed by atoms with E-state index < -0.39 is 5.97 Å². The number of ether oxygens (including phenoxy) is 1. The lowest BCUT2D eigenvalue weighted by molar-refractivity contribution is 0.0515. The molecule has 0 spiro atoms. The predicted octanol–water partition coefficient (Wildman–Crippen LogP) is 3.89. The van der Waals surface area contributed by atoms with E-state index in [1.54, 1.807) is 13.1 Å². The summed E-state index contributed by atoms with van der Waals surface area (Å²) >= 11 is 0. The molecule has 1 aromatic carbocycles. The van der Waals surface area contributed by atoms with Crippen molar-refractivity contribution in [2.45, 2.75) is 13.8 Å². The molecule has 0 radical (unpaired) electrons. The Morgan fingerprint density at radius 1 is 1.17 bits per heavy atom. The molecular formula is C18H16N2O3. The molecule has 23 heavy (non-hydrogen) atoms. The molecule has 116 valence electrons. The summed E-state index contributed by atoms with van der Waals surface area (Å²) in [4.78, 5) is 16.4. The van der Waals surface area contributed by atoms with Crippen LogP contribution < -0.4 is 0 Å². The maximum atomic E-state index is 12.2. The van der Waals surface area contributed by atoms with Crippen LogP contribution in [0.2, 0.25) is 0 Å². The first-order valence-corrected chi connectivity index (χ1v) is 7.36. The summed E-state index contributed by atoms with van der Waals surface area (Å²) in [5, 5.41) is 3.95. The van der Waals surface area contributed by atoms with Gasteiger partial charge in [0.25, 0.3) is 0 Å². The summed E-state index contributed by atoms with van der Waals surface area (Å²) in [5.74, 6) is 0.0437. The van der Waals surface area contributed by atoms with Crippen LogP contribution in [0.15, 0.2) is 53.2 Å². The van der Waals surface area contributed by atoms with E-state index in [-0.39, 0.29) is 12.3 Å². The standard InChI is InChI=1S/C18H16N2O3/c1-3-22-18(21)16-15(14-9-10-19-12(2)11-14)17(23-20-16)13-7-5-4-6-8-13/h4-11H,3H2,1-2H3. The molecule has 0 amide bonds. The van der Waals surface area contributed by atoms with Crippen molar-refractivity contribution in [2.75, 3.05) is 6.61 Å². The van der Waals surface area contributed by atoms with Gasteiger partial charge in [-0.25, -0.2) is 4.79 Å². The van der Waals surface area contributed by atoms with Crippen LogP contribution in [0.25, 0.3) is 22.5 Å². The third-order valence-corrected chi connectivity index (χ3v) is 3.38. The maximum Gasteiger partial charge on any atom is 0.361 e. The van der Waals surface area contributed by atoms with Crippen LogP contribution in [-0.4, -0.2) is 22.7 Å². The van der Waals surface area contributed by atoms with E-state index in [2.05, 4.69) is 10.1 Å². The number of carbonyl (C=O) groups excluding carboxylic acids is 1. The lowest BCUT2D eigenvalue weighted by Crippen LogP contribution is -2.06. The number of aryl methyl sites for hydroxylation is 1. The smallest absolute Gasteiger partial charge is 0.361 e. The fourth-order valence-corrected chi connectivity index (χ4v) is 2.38. The molecule has 0 unspecified atom stereocenters. The lowest BCUT2D eigenvalue weighted by Gasteiger charge is -2.05. The highest BCUT2D eigenvalue weighted by atomic mass is 16.5. The van der Waals surface area contributed by atoms with Crippen LogP contribution in [0.4, 0.5) is 0 Å². The molecule has 0 fully saturated rings. The van der Waals surface area contributed by atoms with Crippen molar-refractivity contribution in [1.29, 1.82) is 0 Å². The first kappa shape index (κ1) is 15.0. The van der Waals surface area contributed by atoms with Crippen LogP contribution in [0.5, 0.6) is 0 Å². The van der Waals surface area contributed by atoms with E-state index in [0.29, 0.717) is 11.3 Å². The Bertz CT molecular complexity index is 825. The molecule has 3 rings (SSSR count). The molecule has 5 nitrogen and oxygen atoms in total. The Labute approximate surface area is 133 Å². The van der Waals surface area contributed by atoms with Gasteiger partial charge < -0.3 is 9.26 Å². The zero-order valence-electron chi connectivity index (χ0n) is 12.9. The van der Waals surface area contributed by atoms with E-state index in [0.717, 1.165) is 16.8 Å². The van der Waals surface area contributed by atoms with Gasteiger partial charge in [0.1, 0.15) is 0 Å². The minimum absolute atomic E-state index is 0.177. The maximum absolute atomic E-state index is 12.2. The van der Waals surface area contributed by atoms with Crippen molar-refractivity contribution >= 4 is 5.97 Å². The van der Waals surface area contributed by atoms with E-state index >= 15 is 0 Å². The van der Waals surface area contributed by atoms with Gasteiger partial charge in [-0.2, -0.15) is 0 Å². The molecule has 0 bridgehead atoms.